The highest BCUT2D eigenvalue weighted by molar-refractivity contribution is 6.06. The summed E-state index contributed by atoms with van der Waals surface area (Å²) in [5.41, 5.74) is 4.94. The maximum absolute atomic E-state index is 12.8. The summed E-state index contributed by atoms with van der Waals surface area (Å²) in [4.78, 5) is 36.8. The van der Waals surface area contributed by atoms with E-state index in [2.05, 4.69) is 0 Å². The Labute approximate surface area is 119 Å². The van der Waals surface area contributed by atoms with Crippen LogP contribution in [0.5, 0.6) is 0 Å². The van der Waals surface area contributed by atoms with E-state index in [-0.39, 0.29) is 21.7 Å². The minimum atomic E-state index is -3.56. The minimum Gasteiger partial charge on any atom is -0.398 e. The van der Waals surface area contributed by atoms with Gasteiger partial charge in [-0.3, -0.25) is 19.7 Å². The molecule has 3 N–H and O–H groups in total. The second kappa shape index (κ2) is 4.08. The lowest BCUT2D eigenvalue weighted by atomic mass is 10.0. The summed E-state index contributed by atoms with van der Waals surface area (Å²) < 4.78 is 56.1. The fourth-order valence-corrected chi connectivity index (χ4v) is 1.84. The number of carbonyl (C=O) groups is 3. The molecule has 0 spiro atoms. The standard InChI is InChI=1S/C13H13N3O3/c14-9-3-1-2-7-8(9)6-16(13(7)19)10-4-5-11(17)15-12(10)18/h1-3,10H,4-6,14H2,(H,15,17,18)/t10-/m0/s1/i4D2,5D2,6D2,10D. The molecule has 98 valence electrons. The number of hydrogen-bond acceptors (Lipinski definition) is 4. The number of amides is 3. The number of fused-ring (bicyclic) bond motifs is 1. The zero-order valence-electron chi connectivity index (χ0n) is 16.5. The van der Waals surface area contributed by atoms with Crippen molar-refractivity contribution in [1.29, 1.82) is 0 Å². The van der Waals surface area contributed by atoms with Crippen molar-refractivity contribution < 1.29 is 24.0 Å². The second-order valence-electron chi connectivity index (χ2n) is 3.90. The van der Waals surface area contributed by atoms with Gasteiger partial charge in [-0.1, -0.05) is 6.07 Å². The molecular weight excluding hydrogens is 246 g/mol. The summed E-state index contributed by atoms with van der Waals surface area (Å²) in [6, 6.07) is 0.435. The Morgan fingerprint density at radius 3 is 2.95 bits per heavy atom. The van der Waals surface area contributed by atoms with E-state index in [1.54, 1.807) is 0 Å². The van der Waals surface area contributed by atoms with Crippen molar-refractivity contribution in [2.24, 2.45) is 0 Å². The lowest BCUT2D eigenvalue weighted by Crippen LogP contribution is -2.52. The Morgan fingerprint density at radius 2 is 2.21 bits per heavy atom. The molecule has 3 rings (SSSR count). The van der Waals surface area contributed by atoms with Gasteiger partial charge in [0.25, 0.3) is 5.91 Å². The van der Waals surface area contributed by atoms with Crippen molar-refractivity contribution in [2.45, 2.75) is 25.3 Å². The molecule has 6 nitrogen and oxygen atoms in total. The van der Waals surface area contributed by atoms with Crippen LogP contribution < -0.4 is 11.1 Å². The Hall–Kier alpha value is -2.37. The third-order valence-electron chi connectivity index (χ3n) is 2.71. The summed E-state index contributed by atoms with van der Waals surface area (Å²) in [7, 11) is 0. The SMILES string of the molecule is [2H]C1([2H])c2c(N)cccc2C(=O)N1[C@]1([2H])C(=O)NC(=O)C([2H])([2H])C1([2H])[2H]. The van der Waals surface area contributed by atoms with Crippen LogP contribution in [0, 0.1) is 0 Å². The molecule has 2 heterocycles. The number of carbonyl (C=O) groups excluding carboxylic acids is 3. The van der Waals surface area contributed by atoms with Gasteiger partial charge in [0.15, 0.2) is 0 Å². The van der Waals surface area contributed by atoms with Crippen molar-refractivity contribution in [3.63, 3.8) is 0 Å². The van der Waals surface area contributed by atoms with E-state index >= 15 is 0 Å². The Morgan fingerprint density at radius 1 is 1.42 bits per heavy atom. The lowest BCUT2D eigenvalue weighted by molar-refractivity contribution is -0.136. The van der Waals surface area contributed by atoms with Gasteiger partial charge in [0, 0.05) is 35.2 Å². The molecule has 0 unspecified atom stereocenters. The molecule has 0 bridgehead atoms. The van der Waals surface area contributed by atoms with Gasteiger partial charge < -0.3 is 10.6 Å². The largest absolute Gasteiger partial charge is 0.398 e. The number of nitrogens with zero attached hydrogens (tertiary/aromatic N) is 1. The fourth-order valence-electron chi connectivity index (χ4n) is 1.84. The van der Waals surface area contributed by atoms with Crippen molar-refractivity contribution >= 4 is 23.4 Å². The number of benzene rings is 1. The highest BCUT2D eigenvalue weighted by Crippen LogP contribution is 2.30. The zero-order chi connectivity index (χ0) is 19.9. The zero-order valence-corrected chi connectivity index (χ0v) is 9.48. The van der Waals surface area contributed by atoms with Crippen LogP contribution in [-0.2, 0) is 16.1 Å². The van der Waals surface area contributed by atoms with Gasteiger partial charge in [0.05, 0.1) is 4.11 Å². The van der Waals surface area contributed by atoms with Crippen LogP contribution in [0.2, 0.25) is 0 Å². The van der Waals surface area contributed by atoms with E-state index in [1.165, 1.54) is 23.5 Å². The molecule has 1 saturated heterocycles. The molecule has 0 aromatic heterocycles. The summed E-state index contributed by atoms with van der Waals surface area (Å²) in [5, 5.41) is 1.52. The van der Waals surface area contributed by atoms with E-state index in [0.29, 0.717) is 0 Å². The molecule has 6 heteroatoms. The number of hydrogen-bond donors (Lipinski definition) is 2. The van der Waals surface area contributed by atoms with Gasteiger partial charge in [0.1, 0.15) is 6.02 Å². The van der Waals surface area contributed by atoms with E-state index in [1.807, 2.05) is 0 Å². The predicted octanol–water partition coefficient (Wildman–Crippen LogP) is 0.0298. The maximum atomic E-state index is 12.8. The lowest BCUT2D eigenvalue weighted by Gasteiger charge is -2.29. The molecule has 1 aromatic carbocycles. The first-order chi connectivity index (χ1) is 11.7. The fraction of sp³-hybridized carbons (Fsp3) is 0.308. The number of anilines is 1. The molecule has 1 fully saturated rings. The summed E-state index contributed by atoms with van der Waals surface area (Å²) in [6.07, 6.45) is -6.93. The van der Waals surface area contributed by atoms with Crippen LogP contribution in [0.25, 0.3) is 0 Å². The molecule has 19 heavy (non-hydrogen) atoms. The molecule has 3 amide bonds. The van der Waals surface area contributed by atoms with Gasteiger partial charge in [-0.05, 0) is 18.5 Å². The van der Waals surface area contributed by atoms with E-state index in [4.69, 9.17) is 15.3 Å². The summed E-state index contributed by atoms with van der Waals surface area (Å²) in [5.74, 6) is -4.47. The molecular formula is C13H13N3O3. The minimum absolute atomic E-state index is 0.000625. The molecule has 2 aliphatic heterocycles. The molecule has 0 radical (unpaired) electrons. The van der Waals surface area contributed by atoms with Gasteiger partial charge in [0.2, 0.25) is 11.8 Å². The number of piperidine rings is 1. The van der Waals surface area contributed by atoms with Gasteiger partial charge in [-0.15, -0.1) is 0 Å². The first kappa shape index (κ1) is 6.18. The van der Waals surface area contributed by atoms with Crippen molar-refractivity contribution in [3.05, 3.63) is 29.3 Å². The Balaban J connectivity index is 2.29. The highest BCUT2D eigenvalue weighted by Gasteiger charge is 2.39. The van der Waals surface area contributed by atoms with Crippen LogP contribution in [-0.4, -0.2) is 28.6 Å². The van der Waals surface area contributed by atoms with Crippen LogP contribution in [0.3, 0.4) is 0 Å². The second-order valence-corrected chi connectivity index (χ2v) is 3.90. The van der Waals surface area contributed by atoms with Crippen molar-refractivity contribution in [2.75, 3.05) is 5.73 Å². The average molecular weight is 266 g/mol. The van der Waals surface area contributed by atoms with E-state index in [9.17, 15) is 14.4 Å². The molecule has 2 aliphatic rings. The molecule has 1 aromatic rings. The molecule has 1 atom stereocenters. The van der Waals surface area contributed by atoms with Gasteiger partial charge in [-0.25, -0.2) is 0 Å². The number of imide groups is 1. The van der Waals surface area contributed by atoms with Crippen LogP contribution in [0.4, 0.5) is 5.69 Å². The van der Waals surface area contributed by atoms with Gasteiger partial charge in [-0.2, -0.15) is 0 Å². The number of rotatable bonds is 1. The van der Waals surface area contributed by atoms with Crippen molar-refractivity contribution in [3.8, 4) is 0 Å². The third-order valence-corrected chi connectivity index (χ3v) is 2.71. The smallest absolute Gasteiger partial charge is 0.255 e. The summed E-state index contributed by atoms with van der Waals surface area (Å²) >= 11 is 0. The maximum Gasteiger partial charge on any atom is 0.255 e. The topological polar surface area (TPSA) is 92.5 Å². The van der Waals surface area contributed by atoms with E-state index in [0.717, 1.165) is 0 Å². The first-order valence-corrected chi connectivity index (χ1v) is 5.32. The Kier molecular flexibility index (Phi) is 1.33. The van der Waals surface area contributed by atoms with Crippen molar-refractivity contribution in [1.82, 2.24) is 10.2 Å². The molecule has 0 saturated carbocycles. The quantitative estimate of drug-likeness (QED) is 0.554. The average Bonchev–Trinajstić information content (AvgIpc) is 2.72. The Bertz CT molecular complexity index is 873. The van der Waals surface area contributed by atoms with Crippen LogP contribution in [0.15, 0.2) is 18.2 Å². The summed E-state index contributed by atoms with van der Waals surface area (Å²) in [6.45, 7) is -2.89. The van der Waals surface area contributed by atoms with E-state index < -0.39 is 43.0 Å². The first-order valence-electron chi connectivity index (χ1n) is 8.82. The number of nitrogens with two attached hydrogens (primary N) is 1. The third kappa shape index (κ3) is 1.76. The highest BCUT2D eigenvalue weighted by atomic mass is 16.2. The normalized spacial score (nSPS) is 39.7. The number of nitrogen functional groups attached to an aromatic ring is 1. The number of nitrogens with one attached hydrogen (secondary N) is 1. The van der Waals surface area contributed by atoms with Crippen LogP contribution >= 0.6 is 0 Å². The monoisotopic (exact) mass is 266 g/mol. The van der Waals surface area contributed by atoms with Crippen LogP contribution in [0.1, 0.15) is 38.3 Å². The van der Waals surface area contributed by atoms with Gasteiger partial charge >= 0.3 is 0 Å². The predicted molar refractivity (Wildman–Crippen MR) is 66.9 cm³/mol. The molecule has 0 aliphatic carbocycles.